The summed E-state index contributed by atoms with van der Waals surface area (Å²) in [7, 11) is 0. The molecule has 1 N–H and O–H groups in total. The van der Waals surface area contributed by atoms with Crippen molar-refractivity contribution in [3.05, 3.63) is 0 Å². The van der Waals surface area contributed by atoms with Crippen molar-refractivity contribution >= 4 is 0 Å². The first-order valence-electron chi connectivity index (χ1n) is 5.66. The van der Waals surface area contributed by atoms with Crippen molar-refractivity contribution in [2.45, 2.75) is 59.5 Å². The molecule has 14 heavy (non-hydrogen) atoms. The molecular weight excluding hydrogens is 172 g/mol. The molecule has 0 saturated heterocycles. The van der Waals surface area contributed by atoms with E-state index in [2.05, 4.69) is 32.6 Å². The van der Waals surface area contributed by atoms with Crippen LogP contribution < -0.4 is 0 Å². The van der Waals surface area contributed by atoms with Crippen LogP contribution in [0.25, 0.3) is 0 Å². The maximum absolute atomic E-state index is 9.45. The number of hydrogen-bond acceptors (Lipinski definition) is 1. The lowest BCUT2D eigenvalue weighted by atomic mass is 9.95. The Morgan fingerprint density at radius 3 is 2.29 bits per heavy atom. The summed E-state index contributed by atoms with van der Waals surface area (Å²) in [5.41, 5.74) is 0. The standard InChI is InChI=1S/C13H24O/c1-5-7-13(14)10-12(4)9-6-8-11(2)3/h11-14H,6,8-10H2,1-4H3/t12-,13+/m1/s1. The summed E-state index contributed by atoms with van der Waals surface area (Å²) in [6, 6.07) is 0. The first-order chi connectivity index (χ1) is 6.56. The zero-order chi connectivity index (χ0) is 11.0. The Bertz CT molecular complexity index is 185. The van der Waals surface area contributed by atoms with Crippen molar-refractivity contribution in [1.29, 1.82) is 0 Å². The van der Waals surface area contributed by atoms with Gasteiger partial charge in [0, 0.05) is 0 Å². The van der Waals surface area contributed by atoms with E-state index in [0.29, 0.717) is 5.92 Å². The van der Waals surface area contributed by atoms with E-state index in [1.807, 2.05) is 0 Å². The summed E-state index contributed by atoms with van der Waals surface area (Å²) >= 11 is 0. The van der Waals surface area contributed by atoms with Crippen molar-refractivity contribution < 1.29 is 5.11 Å². The molecule has 0 amide bonds. The van der Waals surface area contributed by atoms with Gasteiger partial charge in [0.05, 0.1) is 0 Å². The molecule has 0 aromatic heterocycles. The summed E-state index contributed by atoms with van der Waals surface area (Å²) in [5, 5.41) is 9.45. The van der Waals surface area contributed by atoms with E-state index in [4.69, 9.17) is 0 Å². The third-order valence-electron chi connectivity index (χ3n) is 2.41. The molecule has 0 bridgehead atoms. The quantitative estimate of drug-likeness (QED) is 0.647. The van der Waals surface area contributed by atoms with Gasteiger partial charge in [0.15, 0.2) is 0 Å². The highest BCUT2D eigenvalue weighted by atomic mass is 16.3. The van der Waals surface area contributed by atoms with E-state index in [0.717, 1.165) is 12.3 Å². The molecule has 82 valence electrons. The fourth-order valence-electron chi connectivity index (χ4n) is 1.60. The van der Waals surface area contributed by atoms with Gasteiger partial charge >= 0.3 is 0 Å². The van der Waals surface area contributed by atoms with Gasteiger partial charge in [0.2, 0.25) is 0 Å². The van der Waals surface area contributed by atoms with Crippen LogP contribution in [-0.2, 0) is 0 Å². The molecule has 0 aliphatic carbocycles. The van der Waals surface area contributed by atoms with Crippen LogP contribution in [0.15, 0.2) is 0 Å². The fraction of sp³-hybridized carbons (Fsp3) is 0.846. The molecule has 0 fully saturated rings. The van der Waals surface area contributed by atoms with Crippen molar-refractivity contribution in [3.63, 3.8) is 0 Å². The topological polar surface area (TPSA) is 20.2 Å². The Balaban J connectivity index is 3.53. The summed E-state index contributed by atoms with van der Waals surface area (Å²) in [6.07, 6.45) is 4.17. The predicted octanol–water partition coefficient (Wildman–Crippen LogP) is 3.22. The van der Waals surface area contributed by atoms with Crippen molar-refractivity contribution in [2.24, 2.45) is 11.8 Å². The van der Waals surface area contributed by atoms with E-state index in [9.17, 15) is 5.11 Å². The minimum atomic E-state index is -0.422. The third kappa shape index (κ3) is 8.13. The second-order valence-corrected chi connectivity index (χ2v) is 4.58. The Labute approximate surface area is 88.9 Å². The first-order valence-corrected chi connectivity index (χ1v) is 5.66. The Kier molecular flexibility index (Phi) is 7.61. The highest BCUT2D eigenvalue weighted by Crippen LogP contribution is 2.16. The smallest absolute Gasteiger partial charge is 0.115 e. The average molecular weight is 196 g/mol. The van der Waals surface area contributed by atoms with Crippen LogP contribution in [0.3, 0.4) is 0 Å². The Hall–Kier alpha value is -0.480. The molecular formula is C13H24O. The molecule has 0 aromatic rings. The van der Waals surface area contributed by atoms with Gasteiger partial charge in [-0.05, 0) is 25.2 Å². The van der Waals surface area contributed by atoms with Crippen molar-refractivity contribution in [2.75, 3.05) is 0 Å². The minimum Gasteiger partial charge on any atom is -0.380 e. The molecule has 0 aromatic carbocycles. The zero-order valence-corrected chi connectivity index (χ0v) is 10.0. The van der Waals surface area contributed by atoms with Gasteiger partial charge in [0.25, 0.3) is 0 Å². The maximum Gasteiger partial charge on any atom is 0.115 e. The second-order valence-electron chi connectivity index (χ2n) is 4.58. The van der Waals surface area contributed by atoms with Gasteiger partial charge in [-0.15, -0.1) is 5.92 Å². The van der Waals surface area contributed by atoms with Gasteiger partial charge in [-0.2, -0.15) is 0 Å². The largest absolute Gasteiger partial charge is 0.380 e. The van der Waals surface area contributed by atoms with Crippen molar-refractivity contribution in [3.8, 4) is 11.8 Å². The number of hydrogen-bond donors (Lipinski definition) is 1. The van der Waals surface area contributed by atoms with Gasteiger partial charge in [-0.1, -0.05) is 46.0 Å². The molecule has 0 saturated carbocycles. The van der Waals surface area contributed by atoms with Gasteiger partial charge in [0.1, 0.15) is 6.10 Å². The molecule has 0 rings (SSSR count). The van der Waals surface area contributed by atoms with Gasteiger partial charge in [-0.25, -0.2) is 0 Å². The lowest BCUT2D eigenvalue weighted by Gasteiger charge is -2.13. The summed E-state index contributed by atoms with van der Waals surface area (Å²) in [5.74, 6) is 6.91. The zero-order valence-electron chi connectivity index (χ0n) is 10.0. The summed E-state index contributed by atoms with van der Waals surface area (Å²) in [4.78, 5) is 0. The molecule has 0 spiro atoms. The van der Waals surface area contributed by atoms with Crippen LogP contribution in [0.4, 0.5) is 0 Å². The normalized spacial score (nSPS) is 14.7. The monoisotopic (exact) mass is 196 g/mol. The molecule has 2 atom stereocenters. The Morgan fingerprint density at radius 1 is 1.14 bits per heavy atom. The number of aliphatic hydroxyl groups excluding tert-OH is 1. The highest BCUT2D eigenvalue weighted by Gasteiger charge is 2.07. The predicted molar refractivity (Wildman–Crippen MR) is 61.9 cm³/mol. The third-order valence-corrected chi connectivity index (χ3v) is 2.41. The maximum atomic E-state index is 9.45. The van der Waals surface area contributed by atoms with Crippen molar-refractivity contribution in [1.82, 2.24) is 0 Å². The minimum absolute atomic E-state index is 0.422. The lowest BCUT2D eigenvalue weighted by molar-refractivity contribution is 0.195. The van der Waals surface area contributed by atoms with E-state index in [1.165, 1.54) is 19.3 Å². The highest BCUT2D eigenvalue weighted by molar-refractivity contribution is 5.01. The van der Waals surface area contributed by atoms with Gasteiger partial charge < -0.3 is 5.11 Å². The first kappa shape index (κ1) is 13.5. The van der Waals surface area contributed by atoms with Crippen LogP contribution in [0.1, 0.15) is 53.4 Å². The molecule has 0 aliphatic heterocycles. The number of aliphatic hydroxyl groups is 1. The SMILES string of the molecule is CC#C[C@H](O)C[C@H](C)CCCC(C)C. The van der Waals surface area contributed by atoms with E-state index in [-0.39, 0.29) is 0 Å². The fourth-order valence-corrected chi connectivity index (χ4v) is 1.60. The molecule has 0 aliphatic rings. The van der Waals surface area contributed by atoms with E-state index >= 15 is 0 Å². The lowest BCUT2D eigenvalue weighted by Crippen LogP contribution is -2.09. The molecule has 0 radical (unpaired) electrons. The van der Waals surface area contributed by atoms with Crippen LogP contribution in [-0.4, -0.2) is 11.2 Å². The summed E-state index contributed by atoms with van der Waals surface area (Å²) < 4.78 is 0. The van der Waals surface area contributed by atoms with Gasteiger partial charge in [-0.3, -0.25) is 0 Å². The molecule has 0 heterocycles. The van der Waals surface area contributed by atoms with Crippen LogP contribution in [0.2, 0.25) is 0 Å². The molecule has 1 nitrogen and oxygen atoms in total. The summed E-state index contributed by atoms with van der Waals surface area (Å²) in [6.45, 7) is 8.47. The average Bonchev–Trinajstić information content (AvgIpc) is 2.03. The molecule has 0 unspecified atom stereocenters. The van der Waals surface area contributed by atoms with Crippen LogP contribution in [0.5, 0.6) is 0 Å². The van der Waals surface area contributed by atoms with E-state index < -0.39 is 6.10 Å². The second kappa shape index (κ2) is 7.88. The van der Waals surface area contributed by atoms with Crippen LogP contribution >= 0.6 is 0 Å². The van der Waals surface area contributed by atoms with Crippen LogP contribution in [0, 0.1) is 23.7 Å². The van der Waals surface area contributed by atoms with E-state index in [1.54, 1.807) is 6.92 Å². The number of rotatable bonds is 6. The molecule has 1 heteroatoms. The Morgan fingerprint density at radius 2 is 1.79 bits per heavy atom.